The summed E-state index contributed by atoms with van der Waals surface area (Å²) in [6, 6.07) is 8.40. The maximum absolute atomic E-state index is 6.91. The normalized spacial score (nSPS) is 15.4. The van der Waals surface area contributed by atoms with Crippen LogP contribution in [0, 0.1) is 0 Å². The largest absolute Gasteiger partial charge is 0.315 e. The first-order chi connectivity index (χ1) is 16.1. The van der Waals surface area contributed by atoms with Crippen molar-refractivity contribution in [1.29, 1.82) is 0 Å². The number of benzene rings is 1. The zero-order valence-corrected chi connectivity index (χ0v) is 21.6. The number of nitrogens with two attached hydrogens (primary N) is 1. The fourth-order valence-electron chi connectivity index (χ4n) is 3.37. The Bertz CT molecular complexity index is 1140. The molecular weight excluding hydrogens is 415 g/mol. The van der Waals surface area contributed by atoms with Gasteiger partial charge in [-0.25, -0.2) is 15.0 Å². The summed E-state index contributed by atoms with van der Waals surface area (Å²) in [4.78, 5) is 14.5. The lowest BCUT2D eigenvalue weighted by Crippen LogP contribution is -2.37. The van der Waals surface area contributed by atoms with Crippen LogP contribution in [0.3, 0.4) is 0 Å². The van der Waals surface area contributed by atoms with E-state index in [-0.39, 0.29) is 5.31 Å². The minimum absolute atomic E-state index is 0.0638. The van der Waals surface area contributed by atoms with E-state index in [1.165, 1.54) is 5.56 Å². The molecule has 1 unspecified atom stereocenters. The number of allylic oxidation sites excluding steroid dienone is 11. The van der Waals surface area contributed by atoms with Gasteiger partial charge in [0, 0.05) is 11.1 Å². The van der Waals surface area contributed by atoms with Crippen molar-refractivity contribution in [3.8, 4) is 0 Å². The summed E-state index contributed by atoms with van der Waals surface area (Å²) >= 11 is 0. The molecule has 0 radical (unpaired) electrons. The van der Waals surface area contributed by atoms with E-state index in [0.717, 1.165) is 16.7 Å². The SMILES string of the molecule is BC(C)(C)c1ccc(C(C)(N)c2nc(C(/C=C\C=C)=C/C)nc(C(/C=C\C)=C/C=C\C)n2)cc1. The Labute approximate surface area is 206 Å². The van der Waals surface area contributed by atoms with Crippen molar-refractivity contribution in [3.63, 3.8) is 0 Å². The van der Waals surface area contributed by atoms with Gasteiger partial charge in [0.05, 0.1) is 5.54 Å². The summed E-state index contributed by atoms with van der Waals surface area (Å²) in [5.41, 5.74) is 9.95. The number of rotatable bonds is 9. The Kier molecular flexibility index (Phi) is 9.28. The Morgan fingerprint density at radius 1 is 0.853 bits per heavy atom. The Balaban J connectivity index is 2.75. The van der Waals surface area contributed by atoms with E-state index in [4.69, 9.17) is 20.7 Å². The molecule has 176 valence electrons. The van der Waals surface area contributed by atoms with Gasteiger partial charge in [-0.15, -0.1) is 0 Å². The zero-order chi connectivity index (χ0) is 25.4. The summed E-state index contributed by atoms with van der Waals surface area (Å²) in [6.07, 6.45) is 17.4. The first kappa shape index (κ1) is 26.9. The molecule has 0 saturated carbocycles. The highest BCUT2D eigenvalue weighted by Crippen LogP contribution is 2.29. The molecule has 0 spiro atoms. The van der Waals surface area contributed by atoms with Crippen LogP contribution in [0.1, 0.15) is 70.1 Å². The number of nitrogens with zero attached hydrogens (tertiary/aromatic N) is 3. The predicted molar refractivity (Wildman–Crippen MR) is 149 cm³/mol. The average molecular weight is 452 g/mol. The highest BCUT2D eigenvalue weighted by Gasteiger charge is 2.29. The molecule has 1 aromatic carbocycles. The number of hydrogen-bond donors (Lipinski definition) is 1. The van der Waals surface area contributed by atoms with Crippen LogP contribution in [0.25, 0.3) is 11.1 Å². The molecule has 1 aromatic heterocycles. The van der Waals surface area contributed by atoms with Crippen molar-refractivity contribution in [2.75, 3.05) is 0 Å². The highest BCUT2D eigenvalue weighted by molar-refractivity contribution is 6.15. The van der Waals surface area contributed by atoms with Crippen LogP contribution < -0.4 is 5.73 Å². The van der Waals surface area contributed by atoms with E-state index in [1.807, 2.05) is 76.3 Å². The van der Waals surface area contributed by atoms with Crippen molar-refractivity contribution in [2.45, 2.75) is 52.4 Å². The molecule has 0 aliphatic heterocycles. The highest BCUT2D eigenvalue weighted by atomic mass is 15.1. The molecule has 0 bridgehead atoms. The van der Waals surface area contributed by atoms with Crippen LogP contribution in [0.5, 0.6) is 0 Å². The van der Waals surface area contributed by atoms with E-state index in [0.29, 0.717) is 17.5 Å². The molecule has 2 aromatic rings. The molecule has 0 aliphatic rings. The van der Waals surface area contributed by atoms with Gasteiger partial charge in [-0.3, -0.25) is 0 Å². The van der Waals surface area contributed by atoms with Gasteiger partial charge in [0.25, 0.3) is 0 Å². The molecule has 34 heavy (non-hydrogen) atoms. The van der Waals surface area contributed by atoms with Crippen molar-refractivity contribution in [3.05, 3.63) is 114 Å². The van der Waals surface area contributed by atoms with Gasteiger partial charge < -0.3 is 5.73 Å². The van der Waals surface area contributed by atoms with E-state index >= 15 is 0 Å². The molecule has 4 nitrogen and oxygen atoms in total. The third-order valence-corrected chi connectivity index (χ3v) is 5.50. The first-order valence-electron chi connectivity index (χ1n) is 11.7. The lowest BCUT2D eigenvalue weighted by atomic mass is 9.67. The summed E-state index contributed by atoms with van der Waals surface area (Å²) < 4.78 is 0. The first-order valence-corrected chi connectivity index (χ1v) is 11.7. The number of hydrogen-bond acceptors (Lipinski definition) is 4. The third kappa shape index (κ3) is 6.61. The standard InChI is InChI=1S/C29H37BN4/c1-8-12-15-21(11-4)25-32-26(22(14-10-3)16-13-9-2)34-27(33-25)29(7,31)24-19-17-23(18-20-24)28(5,6)30/h8-20H,1,30-31H2,2-7H3/b13-9-,14-10-,15-12-,21-11+,22-16+. The average Bonchev–Trinajstić information content (AvgIpc) is 2.81. The lowest BCUT2D eigenvalue weighted by molar-refractivity contribution is 0.550. The number of aromatic nitrogens is 3. The van der Waals surface area contributed by atoms with E-state index < -0.39 is 5.54 Å². The molecule has 0 aliphatic carbocycles. The Hall–Kier alpha value is -3.31. The maximum Gasteiger partial charge on any atom is 0.163 e. The van der Waals surface area contributed by atoms with Crippen LogP contribution >= 0.6 is 0 Å². The van der Waals surface area contributed by atoms with Gasteiger partial charge in [0.2, 0.25) is 0 Å². The second-order valence-corrected chi connectivity index (χ2v) is 9.32. The molecule has 0 saturated heterocycles. The van der Waals surface area contributed by atoms with Crippen LogP contribution in [0.2, 0.25) is 0 Å². The van der Waals surface area contributed by atoms with Crippen molar-refractivity contribution < 1.29 is 0 Å². The second-order valence-electron chi connectivity index (χ2n) is 9.32. The minimum Gasteiger partial charge on any atom is -0.315 e. The fraction of sp³-hybridized carbons (Fsp3) is 0.276. The molecule has 0 amide bonds. The second kappa shape index (κ2) is 11.7. The van der Waals surface area contributed by atoms with E-state index in [2.05, 4.69) is 52.5 Å². The van der Waals surface area contributed by atoms with Crippen LogP contribution in [-0.4, -0.2) is 22.8 Å². The Morgan fingerprint density at radius 2 is 1.44 bits per heavy atom. The molecular formula is C29H37BN4. The van der Waals surface area contributed by atoms with Gasteiger partial charge in [0.1, 0.15) is 7.85 Å². The summed E-state index contributed by atoms with van der Waals surface area (Å²) in [5, 5.41) is 0.0638. The van der Waals surface area contributed by atoms with Gasteiger partial charge in [-0.05, 0) is 38.6 Å². The summed E-state index contributed by atoms with van der Waals surface area (Å²) in [6.45, 7) is 16.0. The topological polar surface area (TPSA) is 64.7 Å². The molecule has 2 N–H and O–H groups in total. The van der Waals surface area contributed by atoms with Crippen LogP contribution in [-0.2, 0) is 10.9 Å². The maximum atomic E-state index is 6.91. The van der Waals surface area contributed by atoms with Gasteiger partial charge in [-0.1, -0.05) is 105 Å². The van der Waals surface area contributed by atoms with Gasteiger partial charge in [-0.2, -0.15) is 0 Å². The smallest absolute Gasteiger partial charge is 0.163 e. The molecule has 0 fully saturated rings. The quantitative estimate of drug-likeness (QED) is 0.395. The Morgan fingerprint density at radius 3 is 1.94 bits per heavy atom. The van der Waals surface area contributed by atoms with E-state index in [9.17, 15) is 0 Å². The minimum atomic E-state index is -0.911. The lowest BCUT2D eigenvalue weighted by Gasteiger charge is -2.26. The van der Waals surface area contributed by atoms with Crippen molar-refractivity contribution >= 4 is 19.0 Å². The van der Waals surface area contributed by atoms with E-state index in [1.54, 1.807) is 6.08 Å². The van der Waals surface area contributed by atoms with Crippen molar-refractivity contribution in [1.82, 2.24) is 15.0 Å². The molecule has 2 rings (SSSR count). The summed E-state index contributed by atoms with van der Waals surface area (Å²) in [7, 11) is 2.20. The molecule has 5 heteroatoms. The van der Waals surface area contributed by atoms with Gasteiger partial charge >= 0.3 is 0 Å². The monoisotopic (exact) mass is 452 g/mol. The van der Waals surface area contributed by atoms with Crippen LogP contribution in [0.15, 0.2) is 85.5 Å². The molecule has 1 atom stereocenters. The summed E-state index contributed by atoms with van der Waals surface area (Å²) in [5.74, 6) is 1.66. The van der Waals surface area contributed by atoms with Crippen molar-refractivity contribution in [2.24, 2.45) is 5.73 Å². The molecule has 1 heterocycles. The predicted octanol–water partition coefficient (Wildman–Crippen LogP) is 5.64. The third-order valence-electron chi connectivity index (χ3n) is 5.50. The zero-order valence-electron chi connectivity index (χ0n) is 21.6. The fourth-order valence-corrected chi connectivity index (χ4v) is 3.37. The van der Waals surface area contributed by atoms with Crippen LogP contribution in [0.4, 0.5) is 0 Å². The van der Waals surface area contributed by atoms with Gasteiger partial charge in [0.15, 0.2) is 17.5 Å².